The maximum Gasteiger partial charge on any atom is 0.323 e. The van der Waals surface area contributed by atoms with Crippen molar-refractivity contribution in [3.05, 3.63) is 0 Å². The molecule has 0 aromatic carbocycles. The summed E-state index contributed by atoms with van der Waals surface area (Å²) in [5, 5.41) is 9.50. The summed E-state index contributed by atoms with van der Waals surface area (Å²) in [6, 6.07) is 0.293. The fourth-order valence-corrected chi connectivity index (χ4v) is 3.04. The number of aliphatic carboxylic acids is 1. The van der Waals surface area contributed by atoms with Crippen LogP contribution in [0.1, 0.15) is 39.0 Å². The van der Waals surface area contributed by atoms with Crippen molar-refractivity contribution in [2.75, 3.05) is 20.3 Å². The standard InChI is InChI=1S/C13H23NO3/c1-13(12(15)16)7-3-4-8-14(13)11(9-17-2)10-5-6-10/h10-11H,3-9H2,1-2H3,(H,15,16). The molecule has 2 aliphatic rings. The molecule has 1 saturated carbocycles. The van der Waals surface area contributed by atoms with Crippen molar-refractivity contribution >= 4 is 5.97 Å². The molecule has 0 aromatic rings. The smallest absolute Gasteiger partial charge is 0.323 e. The van der Waals surface area contributed by atoms with Gasteiger partial charge in [-0.3, -0.25) is 9.69 Å². The molecule has 2 rings (SSSR count). The van der Waals surface area contributed by atoms with E-state index in [9.17, 15) is 9.90 Å². The Hall–Kier alpha value is -0.610. The van der Waals surface area contributed by atoms with Gasteiger partial charge in [0.1, 0.15) is 5.54 Å². The lowest BCUT2D eigenvalue weighted by atomic mass is 9.86. The van der Waals surface area contributed by atoms with E-state index in [-0.39, 0.29) is 0 Å². The van der Waals surface area contributed by atoms with Crippen molar-refractivity contribution in [3.8, 4) is 0 Å². The fourth-order valence-electron chi connectivity index (χ4n) is 3.04. The summed E-state index contributed by atoms with van der Waals surface area (Å²) in [4.78, 5) is 13.8. The molecule has 1 aliphatic carbocycles. The highest BCUT2D eigenvalue weighted by atomic mass is 16.5. The van der Waals surface area contributed by atoms with Crippen LogP contribution in [0.3, 0.4) is 0 Å². The van der Waals surface area contributed by atoms with Crippen molar-refractivity contribution in [3.63, 3.8) is 0 Å². The van der Waals surface area contributed by atoms with Gasteiger partial charge >= 0.3 is 5.97 Å². The third-order valence-corrected chi connectivity index (χ3v) is 4.31. The maximum absolute atomic E-state index is 11.6. The molecule has 98 valence electrons. The summed E-state index contributed by atoms with van der Waals surface area (Å²) in [5.41, 5.74) is -0.690. The van der Waals surface area contributed by atoms with Crippen LogP contribution in [0.2, 0.25) is 0 Å². The predicted molar refractivity (Wildman–Crippen MR) is 65.0 cm³/mol. The molecule has 4 nitrogen and oxygen atoms in total. The van der Waals surface area contributed by atoms with E-state index in [0.717, 1.165) is 25.8 Å². The Morgan fingerprint density at radius 3 is 2.76 bits per heavy atom. The number of methoxy groups -OCH3 is 1. The van der Waals surface area contributed by atoms with Gasteiger partial charge in [0.2, 0.25) is 0 Å². The van der Waals surface area contributed by atoms with Crippen LogP contribution in [0.25, 0.3) is 0 Å². The quantitative estimate of drug-likeness (QED) is 0.796. The molecule has 1 N–H and O–H groups in total. The number of likely N-dealkylation sites (tertiary alicyclic amines) is 1. The largest absolute Gasteiger partial charge is 0.480 e. The summed E-state index contributed by atoms with van der Waals surface area (Å²) < 4.78 is 5.30. The van der Waals surface area contributed by atoms with Gasteiger partial charge in [-0.2, -0.15) is 0 Å². The predicted octanol–water partition coefficient (Wildman–Crippen LogP) is 1.74. The Labute approximate surface area is 103 Å². The van der Waals surface area contributed by atoms with Crippen LogP contribution in [-0.4, -0.2) is 47.8 Å². The van der Waals surface area contributed by atoms with Gasteiger partial charge in [0, 0.05) is 13.2 Å². The van der Waals surface area contributed by atoms with E-state index in [4.69, 9.17) is 4.74 Å². The zero-order chi connectivity index (χ0) is 12.5. The average molecular weight is 241 g/mol. The number of piperidine rings is 1. The van der Waals surface area contributed by atoms with Gasteiger partial charge in [-0.05, 0) is 51.5 Å². The number of hydrogen-bond acceptors (Lipinski definition) is 3. The van der Waals surface area contributed by atoms with Gasteiger partial charge in [0.05, 0.1) is 6.61 Å². The fraction of sp³-hybridized carbons (Fsp3) is 0.923. The molecule has 0 amide bonds. The van der Waals surface area contributed by atoms with E-state index in [2.05, 4.69) is 4.90 Å². The molecule has 0 spiro atoms. The second-order valence-electron chi connectivity index (χ2n) is 5.59. The molecule has 1 saturated heterocycles. The lowest BCUT2D eigenvalue weighted by molar-refractivity contribution is -0.156. The maximum atomic E-state index is 11.6. The van der Waals surface area contributed by atoms with Crippen LogP contribution >= 0.6 is 0 Å². The normalized spacial score (nSPS) is 32.4. The third kappa shape index (κ3) is 2.47. The molecule has 1 heterocycles. The van der Waals surface area contributed by atoms with Crippen LogP contribution in [-0.2, 0) is 9.53 Å². The highest BCUT2D eigenvalue weighted by Gasteiger charge is 2.48. The van der Waals surface area contributed by atoms with E-state index in [1.165, 1.54) is 12.8 Å². The molecule has 17 heavy (non-hydrogen) atoms. The monoisotopic (exact) mass is 241 g/mol. The van der Waals surface area contributed by atoms with E-state index >= 15 is 0 Å². The van der Waals surface area contributed by atoms with Crippen molar-refractivity contribution in [1.29, 1.82) is 0 Å². The van der Waals surface area contributed by atoms with Gasteiger partial charge in [-0.25, -0.2) is 0 Å². The number of hydrogen-bond donors (Lipinski definition) is 1. The summed E-state index contributed by atoms with van der Waals surface area (Å²) in [7, 11) is 1.71. The molecule has 2 fully saturated rings. The van der Waals surface area contributed by atoms with Crippen LogP contribution in [0.5, 0.6) is 0 Å². The minimum absolute atomic E-state index is 0.293. The van der Waals surface area contributed by atoms with E-state index in [1.54, 1.807) is 7.11 Å². The van der Waals surface area contributed by atoms with E-state index in [0.29, 0.717) is 18.6 Å². The number of nitrogens with zero attached hydrogens (tertiary/aromatic N) is 1. The van der Waals surface area contributed by atoms with Crippen LogP contribution < -0.4 is 0 Å². The Morgan fingerprint density at radius 1 is 1.53 bits per heavy atom. The second-order valence-corrected chi connectivity index (χ2v) is 5.59. The van der Waals surface area contributed by atoms with Crippen molar-refractivity contribution in [2.24, 2.45) is 5.92 Å². The lowest BCUT2D eigenvalue weighted by Gasteiger charge is -2.46. The van der Waals surface area contributed by atoms with E-state index in [1.807, 2.05) is 6.92 Å². The molecule has 2 atom stereocenters. The molecular formula is C13H23NO3. The average Bonchev–Trinajstić information content (AvgIpc) is 3.11. The first-order valence-corrected chi connectivity index (χ1v) is 6.58. The number of carbonyl (C=O) groups is 1. The first kappa shape index (κ1) is 12.8. The first-order chi connectivity index (χ1) is 8.09. The number of carboxylic acid groups (broad SMARTS) is 1. The summed E-state index contributed by atoms with van der Waals surface area (Å²) >= 11 is 0. The number of carboxylic acids is 1. The summed E-state index contributed by atoms with van der Waals surface area (Å²) in [5.74, 6) is -0.0364. The SMILES string of the molecule is COCC(C1CC1)N1CCCCC1(C)C(=O)O. The zero-order valence-electron chi connectivity index (χ0n) is 10.8. The molecule has 2 unspecified atom stereocenters. The zero-order valence-corrected chi connectivity index (χ0v) is 10.8. The number of rotatable bonds is 5. The molecular weight excluding hydrogens is 218 g/mol. The topological polar surface area (TPSA) is 49.8 Å². The van der Waals surface area contributed by atoms with Crippen molar-refractivity contribution in [2.45, 2.75) is 50.6 Å². The Morgan fingerprint density at radius 2 is 2.24 bits per heavy atom. The van der Waals surface area contributed by atoms with Gasteiger partial charge in [0.25, 0.3) is 0 Å². The second kappa shape index (κ2) is 4.94. The van der Waals surface area contributed by atoms with E-state index < -0.39 is 11.5 Å². The van der Waals surface area contributed by atoms with Crippen LogP contribution in [0.4, 0.5) is 0 Å². The minimum atomic E-state index is -0.690. The molecule has 4 heteroatoms. The summed E-state index contributed by atoms with van der Waals surface area (Å²) in [6.45, 7) is 3.43. The van der Waals surface area contributed by atoms with Gasteiger partial charge < -0.3 is 9.84 Å². The Bertz CT molecular complexity index is 290. The van der Waals surface area contributed by atoms with Gasteiger partial charge in [-0.1, -0.05) is 0 Å². The lowest BCUT2D eigenvalue weighted by Crippen LogP contribution is -2.60. The molecule has 1 aliphatic heterocycles. The molecule has 0 aromatic heterocycles. The van der Waals surface area contributed by atoms with Crippen LogP contribution in [0, 0.1) is 5.92 Å². The highest BCUT2D eigenvalue weighted by molar-refractivity contribution is 5.78. The Kier molecular flexibility index (Phi) is 3.73. The van der Waals surface area contributed by atoms with Crippen molar-refractivity contribution in [1.82, 2.24) is 4.90 Å². The highest BCUT2D eigenvalue weighted by Crippen LogP contribution is 2.40. The first-order valence-electron chi connectivity index (χ1n) is 6.58. The summed E-state index contributed by atoms with van der Waals surface area (Å²) in [6.07, 6.45) is 5.33. The molecule has 0 bridgehead atoms. The van der Waals surface area contributed by atoms with Gasteiger partial charge in [-0.15, -0.1) is 0 Å². The third-order valence-electron chi connectivity index (χ3n) is 4.31. The minimum Gasteiger partial charge on any atom is -0.480 e. The van der Waals surface area contributed by atoms with Crippen LogP contribution in [0.15, 0.2) is 0 Å². The Balaban J connectivity index is 2.16. The van der Waals surface area contributed by atoms with Crippen molar-refractivity contribution < 1.29 is 14.6 Å². The van der Waals surface area contributed by atoms with Gasteiger partial charge in [0.15, 0.2) is 0 Å². The number of ether oxygens (including phenoxy) is 1. The molecule has 0 radical (unpaired) electrons.